The second-order valence-electron chi connectivity index (χ2n) is 6.25. The summed E-state index contributed by atoms with van der Waals surface area (Å²) in [6.45, 7) is 6.48. The van der Waals surface area contributed by atoms with E-state index in [1.165, 1.54) is 13.8 Å². The maximum absolute atomic E-state index is 12.2. The average Bonchev–Trinajstić information content (AvgIpc) is 2.63. The van der Waals surface area contributed by atoms with Gasteiger partial charge in [-0.15, -0.1) is 0 Å². The van der Waals surface area contributed by atoms with E-state index < -0.39 is 18.0 Å². The Morgan fingerprint density at radius 1 is 1.07 bits per heavy atom. The minimum atomic E-state index is -0.999. The van der Waals surface area contributed by atoms with E-state index in [0.29, 0.717) is 17.0 Å². The molecule has 2 rings (SSSR count). The molecule has 142 valence electrons. The molecule has 1 N–H and O–H groups in total. The lowest BCUT2D eigenvalue weighted by Crippen LogP contribution is -2.31. The molecule has 0 bridgehead atoms. The fourth-order valence-corrected chi connectivity index (χ4v) is 2.36. The normalized spacial score (nSPS) is 11.4. The maximum Gasteiger partial charge on any atom is 0.344 e. The molecular weight excluding hydrogens is 346 g/mol. The minimum absolute atomic E-state index is 0.103. The molecule has 0 aliphatic rings. The molecule has 6 heteroatoms. The summed E-state index contributed by atoms with van der Waals surface area (Å²) in [4.78, 5) is 35.5. The quantitative estimate of drug-likeness (QED) is 0.597. The molecule has 0 heterocycles. The zero-order valence-corrected chi connectivity index (χ0v) is 15.9. The monoisotopic (exact) mass is 369 g/mol. The number of aryl methyl sites for hydroxylation is 1. The Hall–Kier alpha value is -3.15. The minimum Gasteiger partial charge on any atom is -0.482 e. The molecule has 0 unspecified atom stereocenters. The molecular formula is C21H23NO5. The first-order chi connectivity index (χ1) is 12.8. The van der Waals surface area contributed by atoms with Crippen LogP contribution in [-0.2, 0) is 14.3 Å². The molecule has 2 aromatic rings. The highest BCUT2D eigenvalue weighted by molar-refractivity contribution is 5.98. The van der Waals surface area contributed by atoms with Crippen molar-refractivity contribution < 1.29 is 23.9 Å². The number of anilines is 1. The second-order valence-corrected chi connectivity index (χ2v) is 6.25. The molecule has 27 heavy (non-hydrogen) atoms. The summed E-state index contributed by atoms with van der Waals surface area (Å²) in [5.41, 5.74) is 2.95. The lowest BCUT2D eigenvalue weighted by Gasteiger charge is -2.15. The molecule has 2 aromatic carbocycles. The predicted molar refractivity (Wildman–Crippen MR) is 102 cm³/mol. The molecule has 0 saturated carbocycles. The van der Waals surface area contributed by atoms with Crippen LogP contribution in [0.1, 0.15) is 35.3 Å². The van der Waals surface area contributed by atoms with Crippen molar-refractivity contribution in [1.82, 2.24) is 0 Å². The number of carbonyl (C=O) groups excluding carboxylic acids is 3. The van der Waals surface area contributed by atoms with Crippen LogP contribution in [-0.4, -0.2) is 30.4 Å². The Morgan fingerprint density at radius 2 is 1.78 bits per heavy atom. The van der Waals surface area contributed by atoms with Crippen LogP contribution in [0.15, 0.2) is 42.5 Å². The van der Waals surface area contributed by atoms with Crippen molar-refractivity contribution in [3.8, 4) is 5.75 Å². The van der Waals surface area contributed by atoms with Crippen LogP contribution >= 0.6 is 0 Å². The van der Waals surface area contributed by atoms with E-state index in [9.17, 15) is 14.4 Å². The average molecular weight is 369 g/mol. The van der Waals surface area contributed by atoms with Gasteiger partial charge in [0.1, 0.15) is 5.75 Å². The standard InChI is InChI=1S/C21H23NO5/c1-13-7-5-10-19(14(13)2)26-12-20(24)27-16(4)21(25)22-18-9-6-8-17(11-18)15(3)23/h5-11,16H,12H2,1-4H3,(H,22,25)/t16-/m0/s1. The lowest BCUT2D eigenvalue weighted by molar-refractivity contribution is -0.155. The second kappa shape index (κ2) is 8.98. The Labute approximate surface area is 158 Å². The highest BCUT2D eigenvalue weighted by Gasteiger charge is 2.19. The summed E-state index contributed by atoms with van der Waals surface area (Å²) in [7, 11) is 0. The Morgan fingerprint density at radius 3 is 2.48 bits per heavy atom. The van der Waals surface area contributed by atoms with Crippen molar-refractivity contribution in [3.63, 3.8) is 0 Å². The van der Waals surface area contributed by atoms with Gasteiger partial charge in [0, 0.05) is 11.3 Å². The fourth-order valence-electron chi connectivity index (χ4n) is 2.36. The predicted octanol–water partition coefficient (Wildman–Crippen LogP) is 3.46. The van der Waals surface area contributed by atoms with Crippen molar-refractivity contribution in [2.24, 2.45) is 0 Å². The van der Waals surface area contributed by atoms with Gasteiger partial charge in [-0.2, -0.15) is 0 Å². The van der Waals surface area contributed by atoms with Gasteiger partial charge >= 0.3 is 5.97 Å². The number of Topliss-reactive ketones (excluding diaryl/α,β-unsaturated/α-hetero) is 1. The van der Waals surface area contributed by atoms with Gasteiger partial charge in [0.05, 0.1) is 0 Å². The van der Waals surface area contributed by atoms with Crippen LogP contribution in [0.4, 0.5) is 5.69 Å². The number of ether oxygens (including phenoxy) is 2. The zero-order chi connectivity index (χ0) is 20.0. The molecule has 0 fully saturated rings. The molecule has 0 saturated heterocycles. The number of hydrogen-bond donors (Lipinski definition) is 1. The van der Waals surface area contributed by atoms with E-state index in [-0.39, 0.29) is 12.4 Å². The summed E-state index contributed by atoms with van der Waals surface area (Å²) in [5.74, 6) is -0.633. The van der Waals surface area contributed by atoms with E-state index in [4.69, 9.17) is 9.47 Å². The van der Waals surface area contributed by atoms with Gasteiger partial charge in [0.25, 0.3) is 5.91 Å². The third-order valence-corrected chi connectivity index (χ3v) is 4.11. The van der Waals surface area contributed by atoms with Gasteiger partial charge in [-0.1, -0.05) is 24.3 Å². The SMILES string of the molecule is CC(=O)c1cccc(NC(=O)[C@H](C)OC(=O)COc2cccc(C)c2C)c1. The Balaban J connectivity index is 1.88. The number of ketones is 1. The molecule has 1 atom stereocenters. The van der Waals surface area contributed by atoms with Crippen LogP contribution in [0.5, 0.6) is 5.75 Å². The molecule has 0 aliphatic carbocycles. The van der Waals surface area contributed by atoms with E-state index >= 15 is 0 Å². The first kappa shape index (κ1) is 20.2. The first-order valence-corrected chi connectivity index (χ1v) is 8.58. The largest absolute Gasteiger partial charge is 0.482 e. The molecule has 1 amide bonds. The van der Waals surface area contributed by atoms with Gasteiger partial charge in [-0.25, -0.2) is 4.79 Å². The number of carbonyl (C=O) groups is 3. The number of rotatable bonds is 7. The van der Waals surface area contributed by atoms with E-state index in [1.54, 1.807) is 30.3 Å². The van der Waals surface area contributed by atoms with Gasteiger partial charge in [0.15, 0.2) is 18.5 Å². The lowest BCUT2D eigenvalue weighted by atomic mass is 10.1. The van der Waals surface area contributed by atoms with Crippen LogP contribution in [0.3, 0.4) is 0 Å². The summed E-state index contributed by atoms with van der Waals surface area (Å²) in [6, 6.07) is 12.1. The van der Waals surface area contributed by atoms with Gasteiger partial charge in [0.2, 0.25) is 0 Å². The van der Waals surface area contributed by atoms with Gasteiger partial charge in [-0.05, 0) is 57.0 Å². The Bertz CT molecular complexity index is 859. The fraction of sp³-hybridized carbons (Fsp3) is 0.286. The first-order valence-electron chi connectivity index (χ1n) is 8.58. The molecule has 0 spiro atoms. The number of benzene rings is 2. The molecule has 0 aromatic heterocycles. The third-order valence-electron chi connectivity index (χ3n) is 4.11. The summed E-state index contributed by atoms with van der Waals surface area (Å²) < 4.78 is 10.6. The number of esters is 1. The van der Waals surface area contributed by atoms with Crippen LogP contribution in [0, 0.1) is 13.8 Å². The highest BCUT2D eigenvalue weighted by Crippen LogP contribution is 2.20. The van der Waals surface area contributed by atoms with Crippen LogP contribution in [0.25, 0.3) is 0 Å². The summed E-state index contributed by atoms with van der Waals surface area (Å²) in [5, 5.41) is 2.62. The van der Waals surface area contributed by atoms with Crippen molar-refractivity contribution in [1.29, 1.82) is 0 Å². The molecule has 0 radical (unpaired) electrons. The van der Waals surface area contributed by atoms with E-state index in [0.717, 1.165) is 11.1 Å². The van der Waals surface area contributed by atoms with E-state index in [2.05, 4.69) is 5.32 Å². The van der Waals surface area contributed by atoms with Crippen molar-refractivity contribution >= 4 is 23.3 Å². The topological polar surface area (TPSA) is 81.7 Å². The smallest absolute Gasteiger partial charge is 0.344 e. The van der Waals surface area contributed by atoms with Gasteiger partial charge < -0.3 is 14.8 Å². The molecule has 0 aliphatic heterocycles. The van der Waals surface area contributed by atoms with Gasteiger partial charge in [-0.3, -0.25) is 9.59 Å². The summed E-state index contributed by atoms with van der Waals surface area (Å²) >= 11 is 0. The number of amides is 1. The van der Waals surface area contributed by atoms with Crippen molar-refractivity contribution in [3.05, 3.63) is 59.2 Å². The summed E-state index contributed by atoms with van der Waals surface area (Å²) in [6.07, 6.45) is -0.999. The molecule has 6 nitrogen and oxygen atoms in total. The Kier molecular flexibility index (Phi) is 6.71. The van der Waals surface area contributed by atoms with E-state index in [1.807, 2.05) is 26.0 Å². The van der Waals surface area contributed by atoms with Crippen molar-refractivity contribution in [2.45, 2.75) is 33.8 Å². The zero-order valence-electron chi connectivity index (χ0n) is 15.9. The van der Waals surface area contributed by atoms with Crippen molar-refractivity contribution in [2.75, 3.05) is 11.9 Å². The highest BCUT2D eigenvalue weighted by atomic mass is 16.6. The number of hydrogen-bond acceptors (Lipinski definition) is 5. The van der Waals surface area contributed by atoms with Crippen LogP contribution in [0.2, 0.25) is 0 Å². The third kappa shape index (κ3) is 5.67. The van der Waals surface area contributed by atoms with Crippen LogP contribution < -0.4 is 10.1 Å². The number of nitrogens with one attached hydrogen (secondary N) is 1. The maximum atomic E-state index is 12.2.